The number of urea groups is 1. The van der Waals surface area contributed by atoms with E-state index in [0.29, 0.717) is 6.54 Å². The van der Waals surface area contributed by atoms with E-state index < -0.39 is 23.9 Å². The lowest BCUT2D eigenvalue weighted by atomic mass is 10.3. The van der Waals surface area contributed by atoms with E-state index in [1.807, 2.05) is 0 Å². The summed E-state index contributed by atoms with van der Waals surface area (Å²) in [5.74, 6) is -1.36. The van der Waals surface area contributed by atoms with Crippen LogP contribution < -0.4 is 22.1 Å². The van der Waals surface area contributed by atoms with Crippen LogP contribution in [0.3, 0.4) is 0 Å². The maximum atomic E-state index is 11.7. The highest BCUT2D eigenvalue weighted by atomic mass is 16.2. The largest absolute Gasteiger partial charge is 0.396 e. The number of hydrogen-bond donors (Lipinski definition) is 4. The highest BCUT2D eigenvalue weighted by molar-refractivity contribution is 5.97. The molecule has 4 amide bonds. The van der Waals surface area contributed by atoms with Crippen LogP contribution in [0, 0.1) is 0 Å². The fraction of sp³-hybridized carbons (Fsp3) is 0.400. The van der Waals surface area contributed by atoms with Crippen molar-refractivity contribution in [3.8, 4) is 0 Å². The Morgan fingerprint density at radius 3 is 2.58 bits per heavy atom. The number of nitrogens with one attached hydrogen (secondary N) is 2. The first-order valence-electron chi connectivity index (χ1n) is 5.60. The second-order valence-electron chi connectivity index (χ2n) is 3.80. The molecule has 9 nitrogen and oxygen atoms in total. The Hall–Kier alpha value is -2.58. The fourth-order valence-electron chi connectivity index (χ4n) is 1.34. The molecule has 19 heavy (non-hydrogen) atoms. The molecule has 0 saturated heterocycles. The SMILES string of the molecule is CCNC(=O)NC(=O)C(C)n1cc(N)c(C(N)=O)n1. The van der Waals surface area contributed by atoms with Crippen LogP contribution in [0.2, 0.25) is 0 Å². The number of nitrogen functional groups attached to an aromatic ring is 1. The van der Waals surface area contributed by atoms with Gasteiger partial charge >= 0.3 is 6.03 Å². The monoisotopic (exact) mass is 268 g/mol. The molecule has 1 heterocycles. The molecular formula is C10H16N6O3. The van der Waals surface area contributed by atoms with Crippen LogP contribution >= 0.6 is 0 Å². The van der Waals surface area contributed by atoms with Gasteiger partial charge in [-0.25, -0.2) is 4.79 Å². The molecule has 0 bridgehead atoms. The zero-order valence-electron chi connectivity index (χ0n) is 10.6. The molecule has 0 fully saturated rings. The molecule has 1 rings (SSSR count). The van der Waals surface area contributed by atoms with Crippen molar-refractivity contribution in [1.82, 2.24) is 20.4 Å². The third-order valence-electron chi connectivity index (χ3n) is 2.34. The lowest BCUT2D eigenvalue weighted by molar-refractivity contribution is -0.123. The summed E-state index contributed by atoms with van der Waals surface area (Å²) >= 11 is 0. The predicted octanol–water partition coefficient (Wildman–Crippen LogP) is -1.03. The number of aromatic nitrogens is 2. The van der Waals surface area contributed by atoms with Crippen LogP contribution in [0.5, 0.6) is 0 Å². The van der Waals surface area contributed by atoms with Crippen molar-refractivity contribution in [2.75, 3.05) is 12.3 Å². The molecule has 0 aliphatic carbocycles. The van der Waals surface area contributed by atoms with Crippen molar-refractivity contribution in [2.45, 2.75) is 19.9 Å². The third-order valence-corrected chi connectivity index (χ3v) is 2.34. The van der Waals surface area contributed by atoms with Gasteiger partial charge in [0.1, 0.15) is 6.04 Å². The van der Waals surface area contributed by atoms with E-state index >= 15 is 0 Å². The van der Waals surface area contributed by atoms with Crippen LogP contribution in [0.15, 0.2) is 6.20 Å². The van der Waals surface area contributed by atoms with Crippen molar-refractivity contribution in [1.29, 1.82) is 0 Å². The maximum absolute atomic E-state index is 11.7. The first-order valence-corrected chi connectivity index (χ1v) is 5.60. The first-order chi connectivity index (χ1) is 8.86. The molecule has 0 aromatic carbocycles. The molecule has 1 aromatic heterocycles. The van der Waals surface area contributed by atoms with E-state index in [2.05, 4.69) is 15.7 Å². The molecule has 1 unspecified atom stereocenters. The predicted molar refractivity (Wildman–Crippen MR) is 67.1 cm³/mol. The van der Waals surface area contributed by atoms with E-state index in [9.17, 15) is 14.4 Å². The number of carbonyl (C=O) groups excluding carboxylic acids is 3. The van der Waals surface area contributed by atoms with Gasteiger partial charge < -0.3 is 16.8 Å². The topological polar surface area (TPSA) is 145 Å². The maximum Gasteiger partial charge on any atom is 0.321 e. The van der Waals surface area contributed by atoms with Crippen LogP contribution in [-0.4, -0.2) is 34.2 Å². The Balaban J connectivity index is 2.80. The van der Waals surface area contributed by atoms with Gasteiger partial charge in [-0.15, -0.1) is 0 Å². The fourth-order valence-corrected chi connectivity index (χ4v) is 1.34. The number of rotatable bonds is 4. The number of hydrogen-bond acceptors (Lipinski definition) is 5. The van der Waals surface area contributed by atoms with Gasteiger partial charge in [0.15, 0.2) is 5.69 Å². The molecule has 9 heteroatoms. The second-order valence-corrected chi connectivity index (χ2v) is 3.80. The van der Waals surface area contributed by atoms with E-state index in [1.165, 1.54) is 17.8 Å². The number of amides is 4. The molecule has 0 radical (unpaired) electrons. The summed E-state index contributed by atoms with van der Waals surface area (Å²) in [6.45, 7) is 3.63. The molecule has 104 valence electrons. The second kappa shape index (κ2) is 5.85. The Kier molecular flexibility index (Phi) is 4.46. The van der Waals surface area contributed by atoms with E-state index in [1.54, 1.807) is 6.92 Å². The van der Waals surface area contributed by atoms with Crippen LogP contribution in [0.1, 0.15) is 30.4 Å². The summed E-state index contributed by atoms with van der Waals surface area (Å²) in [5, 5.41) is 8.36. The van der Waals surface area contributed by atoms with Gasteiger partial charge in [0.25, 0.3) is 11.8 Å². The Bertz CT molecular complexity index is 509. The normalized spacial score (nSPS) is 11.7. The summed E-state index contributed by atoms with van der Waals surface area (Å²) in [6.07, 6.45) is 1.31. The van der Waals surface area contributed by atoms with Crippen molar-refractivity contribution < 1.29 is 14.4 Å². The highest BCUT2D eigenvalue weighted by Crippen LogP contribution is 2.13. The smallest absolute Gasteiger partial charge is 0.321 e. The first kappa shape index (κ1) is 14.5. The van der Waals surface area contributed by atoms with E-state index in [-0.39, 0.29) is 11.4 Å². The van der Waals surface area contributed by atoms with Gasteiger partial charge in [-0.2, -0.15) is 5.10 Å². The summed E-state index contributed by atoms with van der Waals surface area (Å²) in [6, 6.07) is -1.41. The van der Waals surface area contributed by atoms with Gasteiger partial charge in [0.05, 0.1) is 5.69 Å². The molecule has 0 aliphatic heterocycles. The Morgan fingerprint density at radius 1 is 1.47 bits per heavy atom. The van der Waals surface area contributed by atoms with Crippen molar-refractivity contribution in [3.63, 3.8) is 0 Å². The van der Waals surface area contributed by atoms with Crippen LogP contribution in [0.4, 0.5) is 10.5 Å². The van der Waals surface area contributed by atoms with Crippen molar-refractivity contribution in [3.05, 3.63) is 11.9 Å². The van der Waals surface area contributed by atoms with E-state index in [0.717, 1.165) is 0 Å². The van der Waals surface area contributed by atoms with E-state index in [4.69, 9.17) is 11.5 Å². The minimum Gasteiger partial charge on any atom is -0.396 e. The average molecular weight is 268 g/mol. The summed E-state index contributed by atoms with van der Waals surface area (Å²) in [7, 11) is 0. The molecule has 0 spiro atoms. The zero-order valence-corrected chi connectivity index (χ0v) is 10.6. The molecule has 0 aliphatic rings. The molecule has 1 aromatic rings. The minimum atomic E-state index is -0.807. The molecule has 1 atom stereocenters. The van der Waals surface area contributed by atoms with Crippen LogP contribution in [-0.2, 0) is 4.79 Å². The summed E-state index contributed by atoms with van der Waals surface area (Å²) in [5.41, 5.74) is 10.6. The number of nitrogens with zero attached hydrogens (tertiary/aromatic N) is 2. The van der Waals surface area contributed by atoms with Gasteiger partial charge in [-0.3, -0.25) is 19.6 Å². The highest BCUT2D eigenvalue weighted by Gasteiger charge is 2.21. The number of carbonyl (C=O) groups is 3. The Morgan fingerprint density at radius 2 is 2.11 bits per heavy atom. The third kappa shape index (κ3) is 3.44. The number of anilines is 1. The van der Waals surface area contributed by atoms with Gasteiger partial charge in [0.2, 0.25) is 0 Å². The number of imide groups is 1. The summed E-state index contributed by atoms with van der Waals surface area (Å²) < 4.78 is 1.17. The molecule has 0 saturated carbocycles. The quantitative estimate of drug-likeness (QED) is 0.551. The van der Waals surface area contributed by atoms with Crippen molar-refractivity contribution >= 4 is 23.5 Å². The van der Waals surface area contributed by atoms with Gasteiger partial charge in [0, 0.05) is 12.7 Å². The van der Waals surface area contributed by atoms with Gasteiger partial charge in [-0.05, 0) is 13.8 Å². The average Bonchev–Trinajstić information content (AvgIpc) is 2.70. The molecular weight excluding hydrogens is 252 g/mol. The van der Waals surface area contributed by atoms with Crippen LogP contribution in [0.25, 0.3) is 0 Å². The minimum absolute atomic E-state index is 0.0742. The summed E-state index contributed by atoms with van der Waals surface area (Å²) in [4.78, 5) is 33.9. The number of nitrogens with two attached hydrogens (primary N) is 2. The lowest BCUT2D eigenvalue weighted by Gasteiger charge is -2.11. The Labute approximate surface area is 109 Å². The van der Waals surface area contributed by atoms with Crippen molar-refractivity contribution in [2.24, 2.45) is 5.73 Å². The van der Waals surface area contributed by atoms with Gasteiger partial charge in [-0.1, -0.05) is 0 Å². The standard InChI is InChI=1S/C10H16N6O3/c1-3-13-10(19)14-9(18)5(2)16-4-6(11)7(15-16)8(12)17/h4-5H,3,11H2,1-2H3,(H2,12,17)(H2,13,14,18,19). The lowest BCUT2D eigenvalue weighted by Crippen LogP contribution is -2.42. The zero-order chi connectivity index (χ0) is 14.6. The number of primary amides is 1. The molecule has 6 N–H and O–H groups in total.